The van der Waals surface area contributed by atoms with Crippen LogP contribution in [-0.4, -0.2) is 74.0 Å². The van der Waals surface area contributed by atoms with Gasteiger partial charge in [-0.2, -0.15) is 5.26 Å². The number of anilines is 1. The number of nitrogens with one attached hydrogen (secondary N) is 1. The molecule has 4 rings (SSSR count). The molecule has 208 valence electrons. The molecule has 4 atom stereocenters. The second-order valence-electron chi connectivity index (χ2n) is 9.61. The molecule has 0 amide bonds. The van der Waals surface area contributed by atoms with E-state index in [4.69, 9.17) is 9.29 Å². The summed E-state index contributed by atoms with van der Waals surface area (Å²) in [5, 5.41) is 32.3. The summed E-state index contributed by atoms with van der Waals surface area (Å²) in [6.07, 6.45) is -3.88. The smallest absolute Gasteiger partial charge is 0.251 e. The summed E-state index contributed by atoms with van der Waals surface area (Å²) in [7, 11) is -0.251. The van der Waals surface area contributed by atoms with Crippen LogP contribution in [0.3, 0.4) is 0 Å². The van der Waals surface area contributed by atoms with Gasteiger partial charge in [-0.05, 0) is 71.2 Å². The van der Waals surface area contributed by atoms with Gasteiger partial charge in [-0.25, -0.2) is 13.1 Å². The largest absolute Gasteiger partial charge is 0.390 e. The quantitative estimate of drug-likeness (QED) is 0.216. The molecule has 12 heteroatoms. The molecule has 2 aromatic carbocycles. The van der Waals surface area contributed by atoms with Crippen LogP contribution in [0.4, 0.5) is 5.69 Å². The number of nitrogens with zero attached hydrogens (tertiary/aromatic N) is 2. The summed E-state index contributed by atoms with van der Waals surface area (Å²) < 4.78 is 43.2. The second-order valence-corrected chi connectivity index (χ2v) is 13.0. The van der Waals surface area contributed by atoms with Gasteiger partial charge in [0.1, 0.15) is 12.2 Å². The van der Waals surface area contributed by atoms with Crippen LogP contribution >= 0.6 is 23.4 Å². The predicted molar refractivity (Wildman–Crippen MR) is 157 cm³/mol. The third kappa shape index (κ3) is 6.65. The molecule has 1 saturated heterocycles. The first kappa shape index (κ1) is 29.5. The monoisotopic (exact) mass is 589 g/mol. The Kier molecular flexibility index (Phi) is 9.36. The average molecular weight is 590 g/mol. The lowest BCUT2D eigenvalue weighted by atomic mass is 9.98. The number of aliphatic hydroxyl groups excluding tert-OH is 2. The Labute approximate surface area is 236 Å². The Morgan fingerprint density at radius 1 is 1.18 bits per heavy atom. The van der Waals surface area contributed by atoms with E-state index >= 15 is 0 Å². The van der Waals surface area contributed by atoms with Crippen molar-refractivity contribution in [3.8, 4) is 16.5 Å². The number of benzene rings is 2. The fourth-order valence-corrected chi connectivity index (χ4v) is 7.10. The van der Waals surface area contributed by atoms with Crippen molar-refractivity contribution in [2.75, 3.05) is 31.3 Å². The maximum absolute atomic E-state index is 13.1. The normalized spacial score (nSPS) is 22.4. The third-order valence-electron chi connectivity index (χ3n) is 6.69. The molecule has 0 aliphatic carbocycles. The zero-order valence-electron chi connectivity index (χ0n) is 21.7. The summed E-state index contributed by atoms with van der Waals surface area (Å²) in [5.74, 6) is 0.171. The number of rotatable bonds is 9. The van der Waals surface area contributed by atoms with E-state index in [0.29, 0.717) is 22.5 Å². The zero-order chi connectivity index (χ0) is 28.3. The first-order valence-electron chi connectivity index (χ1n) is 12.2. The van der Waals surface area contributed by atoms with Crippen molar-refractivity contribution in [1.82, 2.24) is 4.72 Å². The lowest BCUT2D eigenvalue weighted by Crippen LogP contribution is -2.53. The van der Waals surface area contributed by atoms with Gasteiger partial charge in [-0.15, -0.1) is 11.3 Å². The van der Waals surface area contributed by atoms with E-state index in [0.717, 1.165) is 26.9 Å². The first-order valence-corrected chi connectivity index (χ1v) is 15.5. The standard InChI is InChI=1S/C27H31N3O6S3/c1-16(26(13-28)39(34,35)29-14-23-27(32)22(31)12-21(36-23)15-37-33)24-8-9-25(38-24)19-5-4-18-11-20(30(2)3)7-6-17(18)10-19/h4-11,21-23,27,29,31-33H,12,14-15H2,1-3H3/b26-16+/t21?,22-,23-,27+/m1/s1. The minimum atomic E-state index is -4.24. The maximum Gasteiger partial charge on any atom is 0.251 e. The van der Waals surface area contributed by atoms with Crippen molar-refractivity contribution >= 4 is 55.4 Å². The van der Waals surface area contributed by atoms with Gasteiger partial charge >= 0.3 is 0 Å². The minimum absolute atomic E-state index is 0.121. The van der Waals surface area contributed by atoms with Crippen molar-refractivity contribution in [2.24, 2.45) is 0 Å². The van der Waals surface area contributed by atoms with Gasteiger partial charge in [0.05, 0.1) is 18.3 Å². The molecule has 0 spiro atoms. The van der Waals surface area contributed by atoms with E-state index in [2.05, 4.69) is 35.1 Å². The lowest BCUT2D eigenvalue weighted by Gasteiger charge is -2.36. The molecule has 0 saturated carbocycles. The Balaban J connectivity index is 1.54. The molecule has 2 heterocycles. The molecule has 1 unspecified atom stereocenters. The van der Waals surface area contributed by atoms with Crippen molar-refractivity contribution in [3.05, 3.63) is 58.3 Å². The number of hydrogen-bond acceptors (Lipinski definition) is 10. The summed E-state index contributed by atoms with van der Waals surface area (Å²) >= 11 is 1.93. The Morgan fingerprint density at radius 3 is 2.59 bits per heavy atom. The molecule has 0 bridgehead atoms. The van der Waals surface area contributed by atoms with Gasteiger partial charge in [0.2, 0.25) is 0 Å². The molecule has 9 nitrogen and oxygen atoms in total. The molecule has 1 aliphatic heterocycles. The maximum atomic E-state index is 13.1. The number of thiophene rings is 1. The number of nitriles is 1. The van der Waals surface area contributed by atoms with Crippen LogP contribution in [0.1, 0.15) is 18.2 Å². The van der Waals surface area contributed by atoms with Crippen molar-refractivity contribution in [1.29, 1.82) is 5.26 Å². The molecule has 39 heavy (non-hydrogen) atoms. The molecule has 3 aromatic rings. The lowest BCUT2D eigenvalue weighted by molar-refractivity contribution is -0.158. The minimum Gasteiger partial charge on any atom is -0.390 e. The summed E-state index contributed by atoms with van der Waals surface area (Å²) in [6.45, 7) is 1.24. The summed E-state index contributed by atoms with van der Waals surface area (Å²) in [4.78, 5) is 3.19. The third-order valence-corrected chi connectivity index (χ3v) is 9.95. The van der Waals surface area contributed by atoms with Crippen molar-refractivity contribution < 1.29 is 27.9 Å². The van der Waals surface area contributed by atoms with E-state index in [1.165, 1.54) is 11.3 Å². The van der Waals surface area contributed by atoms with Gasteiger partial charge in [-0.3, -0.25) is 0 Å². The average Bonchev–Trinajstić information content (AvgIpc) is 3.40. The molecule has 1 aromatic heterocycles. The number of ether oxygens (including phenoxy) is 1. The van der Waals surface area contributed by atoms with Gasteiger partial charge in [0.25, 0.3) is 10.0 Å². The number of hydrogen-bond donors (Lipinski definition) is 4. The van der Waals surface area contributed by atoms with E-state index in [9.17, 15) is 23.9 Å². The second kappa shape index (κ2) is 12.4. The van der Waals surface area contributed by atoms with Crippen LogP contribution in [0.5, 0.6) is 0 Å². The highest BCUT2D eigenvalue weighted by Crippen LogP contribution is 2.35. The first-order chi connectivity index (χ1) is 18.5. The van der Waals surface area contributed by atoms with Gasteiger partial charge in [0.15, 0.2) is 4.91 Å². The topological polar surface area (TPSA) is 143 Å². The number of allylic oxidation sites excluding steroid dienone is 2. The molecular weight excluding hydrogens is 559 g/mol. The van der Waals surface area contributed by atoms with Crippen molar-refractivity contribution in [3.63, 3.8) is 0 Å². The molecule has 0 radical (unpaired) electrons. The number of aliphatic hydroxyl groups is 2. The molecule has 1 aliphatic rings. The SMILES string of the molecule is C/C(=C(/C#N)S(=O)(=O)NC[C@H]1OC(CSO)C[C@@H](O)[C@@H]1O)c1ccc(-c2ccc3cc(N(C)C)ccc3c2)s1. The summed E-state index contributed by atoms with van der Waals surface area (Å²) in [5.41, 5.74) is 2.40. The highest BCUT2D eigenvalue weighted by Gasteiger charge is 2.37. The van der Waals surface area contributed by atoms with E-state index in [1.54, 1.807) is 13.0 Å². The highest BCUT2D eigenvalue weighted by molar-refractivity contribution is 7.94. The van der Waals surface area contributed by atoms with Crippen LogP contribution in [0.25, 0.3) is 26.8 Å². The van der Waals surface area contributed by atoms with Crippen LogP contribution < -0.4 is 9.62 Å². The van der Waals surface area contributed by atoms with E-state index in [-0.39, 0.29) is 18.7 Å². The van der Waals surface area contributed by atoms with Crippen LogP contribution in [0, 0.1) is 11.3 Å². The molecule has 4 N–H and O–H groups in total. The van der Waals surface area contributed by atoms with Crippen LogP contribution in [0.15, 0.2) is 53.4 Å². The fraction of sp³-hybridized carbons (Fsp3) is 0.370. The zero-order valence-corrected chi connectivity index (χ0v) is 24.2. The molecule has 1 fully saturated rings. The van der Waals surface area contributed by atoms with Crippen LogP contribution in [-0.2, 0) is 14.8 Å². The summed E-state index contributed by atoms with van der Waals surface area (Å²) in [6, 6.07) is 17.9. The Bertz CT molecular complexity index is 1510. The fourth-order valence-electron chi connectivity index (χ4n) is 4.48. The predicted octanol–water partition coefficient (Wildman–Crippen LogP) is 3.89. The van der Waals surface area contributed by atoms with Gasteiger partial charge in [0, 0.05) is 48.3 Å². The van der Waals surface area contributed by atoms with Crippen molar-refractivity contribution in [2.45, 2.75) is 37.8 Å². The van der Waals surface area contributed by atoms with Crippen LogP contribution in [0.2, 0.25) is 0 Å². The number of fused-ring (bicyclic) bond motifs is 1. The Morgan fingerprint density at radius 2 is 1.90 bits per heavy atom. The van der Waals surface area contributed by atoms with Gasteiger partial charge < -0.3 is 24.4 Å². The number of sulfonamides is 1. The highest BCUT2D eigenvalue weighted by atomic mass is 32.2. The molecular formula is C27H31N3O6S3. The Hall–Kier alpha value is -2.47. The van der Waals surface area contributed by atoms with E-state index in [1.807, 2.05) is 37.2 Å². The van der Waals surface area contributed by atoms with Gasteiger partial charge in [-0.1, -0.05) is 18.2 Å². The van der Waals surface area contributed by atoms with E-state index < -0.39 is 39.3 Å².